The van der Waals surface area contributed by atoms with Crippen molar-refractivity contribution in [3.63, 3.8) is 0 Å². The zero-order valence-electron chi connectivity index (χ0n) is 19.0. The van der Waals surface area contributed by atoms with Gasteiger partial charge in [0.1, 0.15) is 5.75 Å². The Balaban J connectivity index is 1.51. The summed E-state index contributed by atoms with van der Waals surface area (Å²) in [6.45, 7) is 2.51. The standard InChI is InChI=1S/C26H21N3O4S2/c1-3-33-17-10-8-16(9-11-17)23-15-20(19-6-4-5-7-21(19)27-23)25(30)29-26-28-22-13-12-18(35(2,31)32)14-24(22)34-26/h4-15H,3H2,1-2H3,(H,28,29,30). The predicted molar refractivity (Wildman–Crippen MR) is 139 cm³/mol. The minimum atomic E-state index is -3.34. The van der Waals surface area contributed by atoms with Crippen LogP contribution < -0.4 is 10.1 Å². The van der Waals surface area contributed by atoms with E-state index in [4.69, 9.17) is 9.72 Å². The number of rotatable bonds is 6. The molecule has 9 heteroatoms. The van der Waals surface area contributed by atoms with E-state index in [2.05, 4.69) is 10.3 Å². The summed E-state index contributed by atoms with van der Waals surface area (Å²) >= 11 is 1.23. The van der Waals surface area contributed by atoms with Crippen molar-refractivity contribution in [3.8, 4) is 17.0 Å². The molecule has 0 fully saturated rings. The monoisotopic (exact) mass is 503 g/mol. The van der Waals surface area contributed by atoms with Crippen LogP contribution in [-0.4, -0.2) is 37.2 Å². The SMILES string of the molecule is CCOc1ccc(-c2cc(C(=O)Nc3nc4ccc(S(C)(=O)=O)cc4s3)c3ccccc3n2)cc1. The summed E-state index contributed by atoms with van der Waals surface area (Å²) in [7, 11) is -3.34. The number of hydrogen-bond donors (Lipinski definition) is 1. The molecule has 0 saturated carbocycles. The number of aromatic nitrogens is 2. The lowest BCUT2D eigenvalue weighted by Gasteiger charge is -2.10. The molecule has 0 saturated heterocycles. The van der Waals surface area contributed by atoms with E-state index in [-0.39, 0.29) is 10.8 Å². The summed E-state index contributed by atoms with van der Waals surface area (Å²) in [5, 5.41) is 3.98. The Morgan fingerprint density at radius 3 is 2.49 bits per heavy atom. The molecule has 0 unspecified atom stereocenters. The minimum absolute atomic E-state index is 0.214. The van der Waals surface area contributed by atoms with Crippen molar-refractivity contribution in [2.24, 2.45) is 0 Å². The van der Waals surface area contributed by atoms with E-state index in [1.807, 2.05) is 55.5 Å². The van der Waals surface area contributed by atoms with Crippen molar-refractivity contribution < 1.29 is 17.9 Å². The topological polar surface area (TPSA) is 98.2 Å². The van der Waals surface area contributed by atoms with E-state index in [9.17, 15) is 13.2 Å². The molecule has 1 amide bonds. The first-order valence-electron chi connectivity index (χ1n) is 10.9. The summed E-state index contributed by atoms with van der Waals surface area (Å²) in [6.07, 6.45) is 1.16. The van der Waals surface area contributed by atoms with Gasteiger partial charge in [0.15, 0.2) is 15.0 Å². The first kappa shape index (κ1) is 22.9. The number of benzene rings is 3. The predicted octanol–water partition coefficient (Wildman–Crippen LogP) is 5.57. The van der Waals surface area contributed by atoms with Crippen molar-refractivity contribution >= 4 is 53.3 Å². The number of thiazole rings is 1. The maximum atomic E-state index is 13.4. The molecular weight excluding hydrogens is 482 g/mol. The van der Waals surface area contributed by atoms with Crippen molar-refractivity contribution in [1.82, 2.24) is 9.97 Å². The zero-order chi connectivity index (χ0) is 24.6. The molecule has 0 aliphatic carbocycles. The van der Waals surface area contributed by atoms with E-state index in [0.717, 1.165) is 23.0 Å². The maximum absolute atomic E-state index is 13.4. The van der Waals surface area contributed by atoms with Gasteiger partial charge in [0.05, 0.1) is 38.5 Å². The molecule has 0 atom stereocenters. The van der Waals surface area contributed by atoms with Crippen molar-refractivity contribution in [2.45, 2.75) is 11.8 Å². The van der Waals surface area contributed by atoms with Gasteiger partial charge in [-0.15, -0.1) is 0 Å². The molecular formula is C26H21N3O4S2. The quantitative estimate of drug-likeness (QED) is 0.325. The van der Waals surface area contributed by atoms with Gasteiger partial charge in [-0.25, -0.2) is 18.4 Å². The minimum Gasteiger partial charge on any atom is -0.494 e. The van der Waals surface area contributed by atoms with Crippen LogP contribution in [0.5, 0.6) is 5.75 Å². The zero-order valence-corrected chi connectivity index (χ0v) is 20.6. The third-order valence-electron chi connectivity index (χ3n) is 5.43. The van der Waals surface area contributed by atoms with Crippen LogP contribution in [0, 0.1) is 0 Å². The number of nitrogens with zero attached hydrogens (tertiary/aromatic N) is 2. The second-order valence-electron chi connectivity index (χ2n) is 7.90. The number of pyridine rings is 1. The van der Waals surface area contributed by atoms with Crippen molar-refractivity contribution in [3.05, 3.63) is 78.4 Å². The molecule has 7 nitrogen and oxygen atoms in total. The molecule has 0 aliphatic rings. The molecule has 5 rings (SSSR count). The number of carbonyl (C=O) groups excluding carboxylic acids is 1. The highest BCUT2D eigenvalue weighted by molar-refractivity contribution is 7.90. The molecule has 3 aromatic carbocycles. The third kappa shape index (κ3) is 4.73. The molecule has 1 N–H and O–H groups in total. The summed E-state index contributed by atoms with van der Waals surface area (Å²) in [5.41, 5.74) is 3.31. The van der Waals surface area contributed by atoms with Gasteiger partial charge in [0.2, 0.25) is 0 Å². The number of fused-ring (bicyclic) bond motifs is 2. The number of carbonyl (C=O) groups is 1. The fourth-order valence-electron chi connectivity index (χ4n) is 3.75. The highest BCUT2D eigenvalue weighted by Crippen LogP contribution is 2.30. The number of amides is 1. The molecule has 0 bridgehead atoms. The fraction of sp³-hybridized carbons (Fsp3) is 0.115. The van der Waals surface area contributed by atoms with E-state index >= 15 is 0 Å². The maximum Gasteiger partial charge on any atom is 0.258 e. The van der Waals surface area contributed by atoms with E-state index in [1.54, 1.807) is 18.2 Å². The van der Waals surface area contributed by atoms with Crippen LogP contribution in [0.15, 0.2) is 77.7 Å². The number of sulfone groups is 1. The average Bonchev–Trinajstić information content (AvgIpc) is 3.25. The normalized spacial score (nSPS) is 11.6. The Labute approximate surface area is 206 Å². The largest absolute Gasteiger partial charge is 0.494 e. The molecule has 0 radical (unpaired) electrons. The van der Waals surface area contributed by atoms with Crippen LogP contribution in [-0.2, 0) is 9.84 Å². The number of ether oxygens (including phenoxy) is 1. The van der Waals surface area contributed by atoms with Crippen LogP contribution in [0.25, 0.3) is 32.4 Å². The molecule has 5 aromatic rings. The van der Waals surface area contributed by atoms with Crippen LogP contribution >= 0.6 is 11.3 Å². The first-order chi connectivity index (χ1) is 16.8. The molecule has 2 aromatic heterocycles. The Bertz CT molecular complexity index is 1680. The van der Waals surface area contributed by atoms with Crippen LogP contribution in [0.4, 0.5) is 5.13 Å². The van der Waals surface area contributed by atoms with Gasteiger partial charge in [-0.3, -0.25) is 10.1 Å². The smallest absolute Gasteiger partial charge is 0.258 e. The fourth-order valence-corrected chi connectivity index (χ4v) is 5.38. The number of anilines is 1. The van der Waals surface area contributed by atoms with Crippen LogP contribution in [0.2, 0.25) is 0 Å². The van der Waals surface area contributed by atoms with E-state index < -0.39 is 9.84 Å². The van der Waals surface area contributed by atoms with Gasteiger partial charge in [-0.1, -0.05) is 29.5 Å². The number of nitrogens with one attached hydrogen (secondary N) is 1. The lowest BCUT2D eigenvalue weighted by molar-refractivity contribution is 0.102. The second-order valence-corrected chi connectivity index (χ2v) is 11.0. The van der Waals surface area contributed by atoms with Gasteiger partial charge >= 0.3 is 0 Å². The Morgan fingerprint density at radius 1 is 0.971 bits per heavy atom. The van der Waals surface area contributed by atoms with Gasteiger partial charge < -0.3 is 4.74 Å². The first-order valence-corrected chi connectivity index (χ1v) is 13.6. The van der Waals surface area contributed by atoms with Crippen molar-refractivity contribution in [2.75, 3.05) is 18.2 Å². The molecule has 0 spiro atoms. The number of para-hydroxylation sites is 1. The summed E-state index contributed by atoms with van der Waals surface area (Å²) in [4.78, 5) is 22.8. The summed E-state index contributed by atoms with van der Waals surface area (Å²) in [5.74, 6) is 0.447. The van der Waals surface area contributed by atoms with E-state index in [1.165, 1.54) is 17.4 Å². The summed E-state index contributed by atoms with van der Waals surface area (Å²) in [6, 6.07) is 21.5. The van der Waals surface area contributed by atoms with Gasteiger partial charge in [-0.2, -0.15) is 0 Å². The van der Waals surface area contributed by atoms with E-state index in [0.29, 0.717) is 38.7 Å². The van der Waals surface area contributed by atoms with Gasteiger partial charge in [0.25, 0.3) is 5.91 Å². The lowest BCUT2D eigenvalue weighted by Crippen LogP contribution is -2.13. The molecule has 176 valence electrons. The highest BCUT2D eigenvalue weighted by Gasteiger charge is 2.17. The Morgan fingerprint density at radius 2 is 1.74 bits per heavy atom. The average molecular weight is 504 g/mol. The van der Waals surface area contributed by atoms with Gasteiger partial charge in [0, 0.05) is 17.2 Å². The molecule has 0 aliphatic heterocycles. The molecule has 35 heavy (non-hydrogen) atoms. The van der Waals surface area contributed by atoms with Crippen LogP contribution in [0.1, 0.15) is 17.3 Å². The molecule has 2 heterocycles. The second kappa shape index (κ2) is 9.09. The van der Waals surface area contributed by atoms with Crippen molar-refractivity contribution in [1.29, 1.82) is 0 Å². The Hall–Kier alpha value is -3.82. The van der Waals surface area contributed by atoms with Gasteiger partial charge in [-0.05, 0) is 61.5 Å². The summed E-state index contributed by atoms with van der Waals surface area (Å²) < 4.78 is 29.9. The Kier molecular flexibility index (Phi) is 5.96. The lowest BCUT2D eigenvalue weighted by atomic mass is 10.0. The third-order valence-corrected chi connectivity index (χ3v) is 7.47. The van der Waals surface area contributed by atoms with Crippen LogP contribution in [0.3, 0.4) is 0 Å². The highest BCUT2D eigenvalue weighted by atomic mass is 32.2. The number of hydrogen-bond acceptors (Lipinski definition) is 7.